The summed E-state index contributed by atoms with van der Waals surface area (Å²) < 4.78 is 16.8. The summed E-state index contributed by atoms with van der Waals surface area (Å²) in [7, 11) is 0. The molecule has 0 saturated heterocycles. The fourth-order valence-corrected chi connectivity index (χ4v) is 7.57. The number of allylic oxidation sites excluding steroid dienone is 14. The van der Waals surface area contributed by atoms with Crippen molar-refractivity contribution in [2.75, 3.05) is 13.2 Å². The van der Waals surface area contributed by atoms with Gasteiger partial charge in [0.15, 0.2) is 6.10 Å². The minimum Gasteiger partial charge on any atom is -0.462 e. The number of hydrogen-bond acceptors (Lipinski definition) is 6. The Hall–Kier alpha value is -3.41. The smallest absolute Gasteiger partial charge is 0.306 e. The molecule has 0 fully saturated rings. The molecule has 0 saturated carbocycles. The van der Waals surface area contributed by atoms with E-state index in [0.717, 1.165) is 103 Å². The predicted octanol–water partition coefficient (Wildman–Crippen LogP) is 18.4. The van der Waals surface area contributed by atoms with Crippen LogP contribution in [0.3, 0.4) is 0 Å². The number of carbonyl (C=O) groups excluding carboxylic acids is 3. The van der Waals surface area contributed by atoms with Gasteiger partial charge in [-0.15, -0.1) is 0 Å². The minimum absolute atomic E-state index is 0.0882. The molecular formula is C60H102O6. The van der Waals surface area contributed by atoms with Gasteiger partial charge >= 0.3 is 17.9 Å². The van der Waals surface area contributed by atoms with Crippen LogP contribution in [0.2, 0.25) is 0 Å². The average Bonchev–Trinajstić information content (AvgIpc) is 3.31. The topological polar surface area (TPSA) is 78.9 Å². The van der Waals surface area contributed by atoms with Crippen LogP contribution in [0.15, 0.2) is 85.1 Å². The van der Waals surface area contributed by atoms with Gasteiger partial charge in [0.05, 0.1) is 0 Å². The molecule has 66 heavy (non-hydrogen) atoms. The van der Waals surface area contributed by atoms with E-state index >= 15 is 0 Å². The molecule has 0 aromatic rings. The fraction of sp³-hybridized carbons (Fsp3) is 0.717. The van der Waals surface area contributed by atoms with Crippen molar-refractivity contribution in [1.82, 2.24) is 0 Å². The zero-order valence-electron chi connectivity index (χ0n) is 43.2. The van der Waals surface area contributed by atoms with Gasteiger partial charge in [-0.3, -0.25) is 14.4 Å². The second-order valence-corrected chi connectivity index (χ2v) is 18.1. The summed E-state index contributed by atoms with van der Waals surface area (Å²) in [4.78, 5) is 38.1. The average molecular weight is 919 g/mol. The van der Waals surface area contributed by atoms with Crippen LogP contribution < -0.4 is 0 Å². The van der Waals surface area contributed by atoms with Crippen molar-refractivity contribution >= 4 is 17.9 Å². The molecule has 0 heterocycles. The van der Waals surface area contributed by atoms with E-state index in [0.29, 0.717) is 19.3 Å². The van der Waals surface area contributed by atoms with Crippen molar-refractivity contribution in [2.24, 2.45) is 0 Å². The van der Waals surface area contributed by atoms with Crippen molar-refractivity contribution in [2.45, 2.75) is 264 Å². The number of esters is 3. The number of rotatable bonds is 49. The molecule has 0 aliphatic heterocycles. The summed E-state index contributed by atoms with van der Waals surface area (Å²) in [5.41, 5.74) is 0. The van der Waals surface area contributed by atoms with E-state index < -0.39 is 6.10 Å². The van der Waals surface area contributed by atoms with E-state index in [1.54, 1.807) is 0 Å². The van der Waals surface area contributed by atoms with Gasteiger partial charge in [-0.25, -0.2) is 0 Å². The van der Waals surface area contributed by atoms with Gasteiger partial charge in [-0.1, -0.05) is 228 Å². The van der Waals surface area contributed by atoms with E-state index in [-0.39, 0.29) is 31.1 Å². The largest absolute Gasteiger partial charge is 0.462 e. The lowest BCUT2D eigenvalue weighted by Crippen LogP contribution is -2.30. The van der Waals surface area contributed by atoms with Crippen LogP contribution in [-0.4, -0.2) is 37.2 Å². The molecule has 0 radical (unpaired) electrons. The summed E-state index contributed by atoms with van der Waals surface area (Å²) in [6.45, 7) is 6.38. The monoisotopic (exact) mass is 919 g/mol. The molecule has 0 N–H and O–H groups in total. The molecular weight excluding hydrogens is 817 g/mol. The number of unbranched alkanes of at least 4 members (excludes halogenated alkanes) is 26. The summed E-state index contributed by atoms with van der Waals surface area (Å²) in [6.07, 6.45) is 69.9. The van der Waals surface area contributed by atoms with E-state index in [1.807, 2.05) is 0 Å². The van der Waals surface area contributed by atoms with Crippen molar-refractivity contribution < 1.29 is 28.6 Å². The maximum atomic E-state index is 12.8. The maximum Gasteiger partial charge on any atom is 0.306 e. The first kappa shape index (κ1) is 62.6. The SMILES string of the molecule is CC\C=C/C=C\C=C/CCCCCCCCCC(=O)OCC(COC(=O)CCCCCCCCC/C=C\CCCCCCCC)OC(=O)CCCCCCCC/C=C\C/C=C\C/C=C\CC. The van der Waals surface area contributed by atoms with E-state index in [9.17, 15) is 14.4 Å². The molecule has 6 nitrogen and oxygen atoms in total. The van der Waals surface area contributed by atoms with Gasteiger partial charge in [0.2, 0.25) is 0 Å². The fourth-order valence-electron chi connectivity index (χ4n) is 7.57. The van der Waals surface area contributed by atoms with E-state index in [1.165, 1.54) is 116 Å². The molecule has 0 bridgehead atoms. The van der Waals surface area contributed by atoms with Crippen molar-refractivity contribution in [3.8, 4) is 0 Å². The molecule has 6 heteroatoms. The van der Waals surface area contributed by atoms with Crippen LogP contribution in [0, 0.1) is 0 Å². The Balaban J connectivity index is 4.42. The lowest BCUT2D eigenvalue weighted by atomic mass is 10.1. The molecule has 0 aliphatic carbocycles. The Morgan fingerprint density at radius 2 is 0.667 bits per heavy atom. The van der Waals surface area contributed by atoms with E-state index in [4.69, 9.17) is 14.2 Å². The van der Waals surface area contributed by atoms with Crippen LogP contribution in [0.1, 0.15) is 258 Å². The number of carbonyl (C=O) groups is 3. The number of hydrogen-bond donors (Lipinski definition) is 0. The molecule has 0 amide bonds. The van der Waals surface area contributed by atoms with Gasteiger partial charge in [0.25, 0.3) is 0 Å². The first-order valence-corrected chi connectivity index (χ1v) is 27.6. The zero-order valence-corrected chi connectivity index (χ0v) is 43.2. The molecule has 0 aromatic carbocycles. The minimum atomic E-state index is -0.791. The second-order valence-electron chi connectivity index (χ2n) is 18.1. The standard InChI is InChI=1S/C60H102O6/c1-4-7-10-13-16-19-22-25-28-30-33-35-38-41-44-47-50-53-59(62)65-56-57(55-64-58(61)52-49-46-43-40-37-34-31-27-24-21-18-15-12-9-6-3)66-60(63)54-51-48-45-42-39-36-32-29-26-23-20-17-14-11-8-5-2/h8-9,11-12,15,17-18,20-21,24-26,28-29,57H,4-7,10,13-14,16,19,22-23,27,30-56H2,1-3H3/b11-8-,12-9-,18-15-,20-17-,24-21-,28-25-,29-26-. The van der Waals surface area contributed by atoms with Crippen LogP contribution in [0.4, 0.5) is 0 Å². The Morgan fingerprint density at radius 1 is 0.333 bits per heavy atom. The van der Waals surface area contributed by atoms with Gasteiger partial charge in [-0.2, -0.15) is 0 Å². The molecule has 0 aromatic heterocycles. The highest BCUT2D eigenvalue weighted by molar-refractivity contribution is 5.71. The summed E-state index contributed by atoms with van der Waals surface area (Å²) >= 11 is 0. The molecule has 1 unspecified atom stereocenters. The van der Waals surface area contributed by atoms with Gasteiger partial charge in [0, 0.05) is 19.3 Å². The van der Waals surface area contributed by atoms with Crippen LogP contribution in [0.5, 0.6) is 0 Å². The summed E-state index contributed by atoms with van der Waals surface area (Å²) in [6, 6.07) is 0. The zero-order chi connectivity index (χ0) is 47.9. The normalized spacial score (nSPS) is 12.7. The highest BCUT2D eigenvalue weighted by Crippen LogP contribution is 2.15. The predicted molar refractivity (Wildman–Crippen MR) is 284 cm³/mol. The lowest BCUT2D eigenvalue weighted by molar-refractivity contribution is -0.167. The Kier molecular flexibility index (Phi) is 51.4. The third-order valence-corrected chi connectivity index (χ3v) is 11.7. The van der Waals surface area contributed by atoms with Crippen LogP contribution >= 0.6 is 0 Å². The molecule has 378 valence electrons. The first-order chi connectivity index (χ1) is 32.5. The van der Waals surface area contributed by atoms with E-state index in [2.05, 4.69) is 106 Å². The highest BCUT2D eigenvalue weighted by Gasteiger charge is 2.19. The van der Waals surface area contributed by atoms with Crippen molar-refractivity contribution in [1.29, 1.82) is 0 Å². The quantitative estimate of drug-likeness (QED) is 0.0199. The van der Waals surface area contributed by atoms with Crippen LogP contribution in [-0.2, 0) is 28.6 Å². The summed E-state index contributed by atoms with van der Waals surface area (Å²) in [5, 5.41) is 0. The second kappa shape index (κ2) is 54.2. The molecule has 0 aliphatic rings. The maximum absolute atomic E-state index is 12.8. The third kappa shape index (κ3) is 51.6. The molecule has 0 spiro atoms. The first-order valence-electron chi connectivity index (χ1n) is 27.6. The lowest BCUT2D eigenvalue weighted by Gasteiger charge is -2.18. The molecule has 1 atom stereocenters. The Bertz CT molecular complexity index is 1290. The van der Waals surface area contributed by atoms with Crippen LogP contribution in [0.25, 0.3) is 0 Å². The van der Waals surface area contributed by atoms with Crippen molar-refractivity contribution in [3.63, 3.8) is 0 Å². The van der Waals surface area contributed by atoms with Gasteiger partial charge in [0.1, 0.15) is 13.2 Å². The Morgan fingerprint density at radius 3 is 1.11 bits per heavy atom. The third-order valence-electron chi connectivity index (χ3n) is 11.7. The highest BCUT2D eigenvalue weighted by atomic mass is 16.6. The summed E-state index contributed by atoms with van der Waals surface area (Å²) in [5.74, 6) is -0.914. The number of ether oxygens (including phenoxy) is 3. The van der Waals surface area contributed by atoms with Gasteiger partial charge in [-0.05, 0) is 96.3 Å². The van der Waals surface area contributed by atoms with Crippen molar-refractivity contribution in [3.05, 3.63) is 85.1 Å². The molecule has 0 rings (SSSR count). The Labute approximate surface area is 407 Å². The van der Waals surface area contributed by atoms with Gasteiger partial charge < -0.3 is 14.2 Å².